The number of carbonyl (C=O) groups is 1. The third-order valence-electron chi connectivity index (χ3n) is 6.99. The predicted molar refractivity (Wildman–Crippen MR) is 121 cm³/mol. The van der Waals surface area contributed by atoms with Gasteiger partial charge in [-0.3, -0.25) is 4.79 Å². The fourth-order valence-corrected chi connectivity index (χ4v) is 5.31. The van der Waals surface area contributed by atoms with E-state index in [-0.39, 0.29) is 24.2 Å². The van der Waals surface area contributed by atoms with Crippen LogP contribution in [0.2, 0.25) is 0 Å². The molecular formula is C27H24F2N2O2. The summed E-state index contributed by atoms with van der Waals surface area (Å²) in [6.45, 7) is 1.91. The second-order valence-corrected chi connectivity index (χ2v) is 9.06. The number of fused-ring (bicyclic) bond motifs is 8. The van der Waals surface area contributed by atoms with Crippen LogP contribution in [0.3, 0.4) is 0 Å². The maximum absolute atomic E-state index is 14.4. The van der Waals surface area contributed by atoms with E-state index >= 15 is 0 Å². The van der Waals surface area contributed by atoms with Gasteiger partial charge in [-0.25, -0.2) is 8.78 Å². The molecule has 2 bridgehead atoms. The van der Waals surface area contributed by atoms with Crippen LogP contribution in [0.25, 0.3) is 11.1 Å². The average Bonchev–Trinajstić information content (AvgIpc) is 3.26. The van der Waals surface area contributed by atoms with Crippen molar-refractivity contribution in [1.29, 1.82) is 0 Å². The lowest BCUT2D eigenvalue weighted by Gasteiger charge is -2.19. The summed E-state index contributed by atoms with van der Waals surface area (Å²) in [5.41, 5.74) is 5.75. The Morgan fingerprint density at radius 3 is 2.52 bits per heavy atom. The van der Waals surface area contributed by atoms with E-state index in [1.165, 1.54) is 12.1 Å². The Bertz CT molecular complexity index is 1250. The molecular weight excluding hydrogens is 422 g/mol. The van der Waals surface area contributed by atoms with Gasteiger partial charge in [0.1, 0.15) is 23.8 Å². The van der Waals surface area contributed by atoms with E-state index in [0.29, 0.717) is 16.7 Å². The number of benzene rings is 3. The molecule has 3 heterocycles. The maximum atomic E-state index is 14.4. The minimum Gasteiger partial charge on any atom is -0.356 e. The van der Waals surface area contributed by atoms with Gasteiger partial charge in [-0.2, -0.15) is 0 Å². The summed E-state index contributed by atoms with van der Waals surface area (Å²) in [7, 11) is 0. The Morgan fingerprint density at radius 1 is 0.879 bits per heavy atom. The highest BCUT2D eigenvalue weighted by molar-refractivity contribution is 5.95. The quantitative estimate of drug-likeness (QED) is 0.594. The highest BCUT2D eigenvalue weighted by Crippen LogP contribution is 2.54. The summed E-state index contributed by atoms with van der Waals surface area (Å²) in [5, 5.41) is 6.54. The molecule has 168 valence electrons. The molecule has 6 rings (SSSR count). The number of rotatable bonds is 3. The first-order chi connectivity index (χ1) is 16.1. The van der Waals surface area contributed by atoms with Crippen molar-refractivity contribution < 1.29 is 18.3 Å². The highest BCUT2D eigenvalue weighted by atomic mass is 19.1. The van der Waals surface area contributed by atoms with Gasteiger partial charge in [-0.15, -0.1) is 0 Å². The molecule has 33 heavy (non-hydrogen) atoms. The van der Waals surface area contributed by atoms with Gasteiger partial charge in [-0.1, -0.05) is 18.2 Å². The van der Waals surface area contributed by atoms with E-state index in [2.05, 4.69) is 10.6 Å². The summed E-state index contributed by atoms with van der Waals surface area (Å²) in [6.07, 6.45) is 2.49. The van der Waals surface area contributed by atoms with Gasteiger partial charge in [0.25, 0.3) is 5.91 Å². The zero-order valence-corrected chi connectivity index (χ0v) is 18.0. The van der Waals surface area contributed by atoms with Crippen molar-refractivity contribution in [3.8, 4) is 11.1 Å². The van der Waals surface area contributed by atoms with E-state index < -0.39 is 11.6 Å². The fourth-order valence-electron chi connectivity index (χ4n) is 5.31. The molecule has 0 aliphatic carbocycles. The van der Waals surface area contributed by atoms with Crippen molar-refractivity contribution in [2.75, 3.05) is 13.1 Å². The molecule has 0 radical (unpaired) electrons. The number of hydrogen-bond acceptors (Lipinski definition) is 3. The van der Waals surface area contributed by atoms with Crippen molar-refractivity contribution in [3.63, 3.8) is 0 Å². The molecule has 3 unspecified atom stereocenters. The van der Waals surface area contributed by atoms with Gasteiger partial charge in [0.05, 0.1) is 0 Å². The Labute approximate surface area is 191 Å². The largest absolute Gasteiger partial charge is 0.356 e. The van der Waals surface area contributed by atoms with Crippen molar-refractivity contribution in [3.05, 3.63) is 94.0 Å². The molecule has 1 saturated heterocycles. The molecule has 2 N–H and O–H groups in total. The number of amides is 1. The summed E-state index contributed by atoms with van der Waals surface area (Å²) >= 11 is 0. The Morgan fingerprint density at radius 2 is 1.67 bits per heavy atom. The van der Waals surface area contributed by atoms with Gasteiger partial charge < -0.3 is 15.4 Å². The third kappa shape index (κ3) is 3.54. The zero-order chi connectivity index (χ0) is 22.5. The minimum atomic E-state index is -0.598. The number of carbonyl (C=O) groups excluding carboxylic acids is 1. The van der Waals surface area contributed by atoms with Gasteiger partial charge in [0.15, 0.2) is 0 Å². The van der Waals surface area contributed by atoms with Crippen LogP contribution in [0.1, 0.15) is 64.1 Å². The molecule has 1 fully saturated rings. The van der Waals surface area contributed by atoms with Gasteiger partial charge in [0.2, 0.25) is 0 Å². The van der Waals surface area contributed by atoms with Gasteiger partial charge in [0, 0.05) is 23.2 Å². The fraction of sp³-hybridized carbons (Fsp3) is 0.296. The Balaban J connectivity index is 1.29. The summed E-state index contributed by atoms with van der Waals surface area (Å²) in [6, 6.07) is 15.3. The molecule has 3 aliphatic rings. The first kappa shape index (κ1) is 20.5. The number of halogens is 2. The van der Waals surface area contributed by atoms with Crippen LogP contribution in [-0.2, 0) is 4.74 Å². The lowest BCUT2D eigenvalue weighted by Crippen LogP contribution is -2.35. The van der Waals surface area contributed by atoms with Crippen LogP contribution in [-0.4, -0.2) is 25.0 Å². The van der Waals surface area contributed by atoms with Crippen LogP contribution in [0.15, 0.2) is 54.6 Å². The first-order valence-corrected chi connectivity index (χ1v) is 11.5. The van der Waals surface area contributed by atoms with E-state index in [1.807, 2.05) is 36.4 Å². The second-order valence-electron chi connectivity index (χ2n) is 9.06. The van der Waals surface area contributed by atoms with Crippen LogP contribution >= 0.6 is 0 Å². The van der Waals surface area contributed by atoms with Gasteiger partial charge >= 0.3 is 0 Å². The monoisotopic (exact) mass is 446 g/mol. The lowest BCUT2D eigenvalue weighted by atomic mass is 9.83. The van der Waals surface area contributed by atoms with Crippen molar-refractivity contribution in [1.82, 2.24) is 10.6 Å². The second kappa shape index (κ2) is 8.04. The zero-order valence-electron chi connectivity index (χ0n) is 18.0. The van der Waals surface area contributed by atoms with Crippen LogP contribution < -0.4 is 10.6 Å². The number of hydrogen-bond donors (Lipinski definition) is 2. The highest BCUT2D eigenvalue weighted by Gasteiger charge is 2.43. The smallest absolute Gasteiger partial charge is 0.251 e. The van der Waals surface area contributed by atoms with Crippen LogP contribution in [0.5, 0.6) is 0 Å². The molecule has 0 aromatic heterocycles. The van der Waals surface area contributed by atoms with Crippen molar-refractivity contribution in [2.45, 2.75) is 37.5 Å². The summed E-state index contributed by atoms with van der Waals surface area (Å²) < 4.78 is 34.0. The lowest BCUT2D eigenvalue weighted by molar-refractivity contribution is 0.0857. The number of ether oxygens (including phenoxy) is 1. The van der Waals surface area contributed by atoms with Crippen LogP contribution in [0.4, 0.5) is 8.78 Å². The Kier molecular flexibility index (Phi) is 5.00. The molecule has 6 heteroatoms. The molecule has 0 saturated carbocycles. The molecule has 3 aromatic carbocycles. The van der Waals surface area contributed by atoms with E-state index in [4.69, 9.17) is 4.74 Å². The minimum absolute atomic E-state index is 0.0603. The normalized spacial score (nSPS) is 23.0. The molecule has 4 nitrogen and oxygen atoms in total. The molecule has 3 aromatic rings. The topological polar surface area (TPSA) is 50.4 Å². The molecule has 1 amide bonds. The van der Waals surface area contributed by atoms with E-state index in [1.54, 1.807) is 0 Å². The van der Waals surface area contributed by atoms with Crippen LogP contribution in [0, 0.1) is 11.6 Å². The molecule has 3 aliphatic heterocycles. The molecule has 0 spiro atoms. The standard InChI is InChI=1S/C27H24F2N2O2/c28-17-5-8-19(24(29)14-17)15-3-6-20-22(12-15)26-23-13-16(4-7-21(23)25(20)33-26)27(32)31-18-2-1-10-30-11-9-18/h3-8,12-14,18,25-26,30H,1-2,9-11H2,(H,31,32). The van der Waals surface area contributed by atoms with Crippen molar-refractivity contribution >= 4 is 5.91 Å². The third-order valence-corrected chi connectivity index (χ3v) is 6.99. The van der Waals surface area contributed by atoms with Gasteiger partial charge in [-0.05, 0) is 90.5 Å². The van der Waals surface area contributed by atoms with E-state index in [0.717, 1.165) is 60.7 Å². The summed E-state index contributed by atoms with van der Waals surface area (Å²) in [4.78, 5) is 12.9. The summed E-state index contributed by atoms with van der Waals surface area (Å²) in [5.74, 6) is -1.25. The SMILES string of the molecule is O=C(NC1CCCNCC1)c1ccc2c(c1)C1OC2c2ccc(-c3ccc(F)cc3F)cc21. The Hall–Kier alpha value is -3.09. The van der Waals surface area contributed by atoms with Crippen molar-refractivity contribution in [2.24, 2.45) is 0 Å². The molecule has 3 atom stereocenters. The predicted octanol–water partition coefficient (Wildman–Crippen LogP) is 5.03. The van der Waals surface area contributed by atoms with E-state index in [9.17, 15) is 13.6 Å². The first-order valence-electron chi connectivity index (χ1n) is 11.5. The number of nitrogens with one attached hydrogen (secondary N) is 2. The average molecular weight is 446 g/mol. The maximum Gasteiger partial charge on any atom is 0.251 e.